The fraction of sp³-hybridized carbons (Fsp3) is 0.400. The Kier molecular flexibility index (Phi) is 6.43. The molecule has 0 atom stereocenters. The average Bonchev–Trinajstić information content (AvgIpc) is 2.45. The molecule has 20 heavy (non-hydrogen) atoms. The lowest BCUT2D eigenvalue weighted by molar-refractivity contribution is -0.139. The third-order valence-electron chi connectivity index (χ3n) is 2.72. The van der Waals surface area contributed by atoms with Gasteiger partial charge in [-0.05, 0) is 23.5 Å². The largest absolute Gasteiger partial charge is 0.348 e. The van der Waals surface area contributed by atoms with Gasteiger partial charge in [-0.15, -0.1) is 0 Å². The third-order valence-corrected chi connectivity index (χ3v) is 2.72. The summed E-state index contributed by atoms with van der Waals surface area (Å²) < 4.78 is 0. The monoisotopic (exact) mass is 275 g/mol. The Morgan fingerprint density at radius 1 is 1.20 bits per heavy atom. The van der Waals surface area contributed by atoms with Crippen molar-refractivity contribution in [3.05, 3.63) is 35.4 Å². The smallest absolute Gasteiger partial charge is 0.329 e. The summed E-state index contributed by atoms with van der Waals surface area (Å²) in [7, 11) is 0. The van der Waals surface area contributed by atoms with Gasteiger partial charge in [0.05, 0.1) is 6.21 Å². The SMILES string of the molecule is CCCNC(=O)C(=O)N/N=C\c1ccc(C(C)C)cc1. The summed E-state index contributed by atoms with van der Waals surface area (Å²) in [5, 5.41) is 6.24. The highest BCUT2D eigenvalue weighted by molar-refractivity contribution is 6.35. The highest BCUT2D eigenvalue weighted by atomic mass is 16.2. The molecule has 2 amide bonds. The predicted octanol–water partition coefficient (Wildman–Crippen LogP) is 1.79. The van der Waals surface area contributed by atoms with Crippen LogP contribution in [0.1, 0.15) is 44.2 Å². The molecule has 5 nitrogen and oxygen atoms in total. The maximum absolute atomic E-state index is 11.3. The van der Waals surface area contributed by atoms with Crippen LogP contribution < -0.4 is 10.7 Å². The van der Waals surface area contributed by atoms with Gasteiger partial charge in [-0.1, -0.05) is 45.0 Å². The first kappa shape index (κ1) is 15.9. The number of amides is 2. The Morgan fingerprint density at radius 3 is 2.40 bits per heavy atom. The molecule has 0 radical (unpaired) electrons. The molecule has 0 aliphatic carbocycles. The first-order chi connectivity index (χ1) is 9.54. The first-order valence-electron chi connectivity index (χ1n) is 6.75. The van der Waals surface area contributed by atoms with Crippen LogP contribution >= 0.6 is 0 Å². The van der Waals surface area contributed by atoms with Crippen LogP contribution in [0.5, 0.6) is 0 Å². The molecule has 0 bridgehead atoms. The molecule has 108 valence electrons. The second kappa shape index (κ2) is 8.09. The number of carbonyl (C=O) groups is 2. The van der Waals surface area contributed by atoms with E-state index in [1.54, 1.807) is 0 Å². The van der Waals surface area contributed by atoms with E-state index in [1.807, 2.05) is 31.2 Å². The van der Waals surface area contributed by atoms with Crippen molar-refractivity contribution in [3.63, 3.8) is 0 Å². The van der Waals surface area contributed by atoms with E-state index in [4.69, 9.17) is 0 Å². The lowest BCUT2D eigenvalue weighted by atomic mass is 10.0. The minimum Gasteiger partial charge on any atom is -0.348 e. The Labute approximate surface area is 119 Å². The highest BCUT2D eigenvalue weighted by Crippen LogP contribution is 2.13. The van der Waals surface area contributed by atoms with Crippen molar-refractivity contribution in [1.82, 2.24) is 10.7 Å². The second-order valence-electron chi connectivity index (χ2n) is 4.78. The summed E-state index contributed by atoms with van der Waals surface area (Å²) in [6.07, 6.45) is 2.29. The normalized spacial score (nSPS) is 10.8. The molecular formula is C15H21N3O2. The van der Waals surface area contributed by atoms with Crippen molar-refractivity contribution < 1.29 is 9.59 Å². The standard InChI is InChI=1S/C15H21N3O2/c1-4-9-16-14(19)15(20)18-17-10-12-5-7-13(8-6-12)11(2)3/h5-8,10-11H,4,9H2,1-3H3,(H,16,19)(H,18,20)/b17-10-. The number of nitrogens with one attached hydrogen (secondary N) is 2. The van der Waals surface area contributed by atoms with Gasteiger partial charge in [0.1, 0.15) is 0 Å². The van der Waals surface area contributed by atoms with Gasteiger partial charge < -0.3 is 5.32 Å². The van der Waals surface area contributed by atoms with Crippen LogP contribution in [-0.4, -0.2) is 24.6 Å². The zero-order valence-corrected chi connectivity index (χ0v) is 12.1. The molecule has 0 aliphatic rings. The molecule has 1 aromatic rings. The van der Waals surface area contributed by atoms with Gasteiger partial charge in [0.2, 0.25) is 0 Å². The van der Waals surface area contributed by atoms with Crippen molar-refractivity contribution in [1.29, 1.82) is 0 Å². The van der Waals surface area contributed by atoms with E-state index in [0.717, 1.165) is 12.0 Å². The molecule has 0 saturated carbocycles. The van der Waals surface area contributed by atoms with Gasteiger partial charge in [0.15, 0.2) is 0 Å². The molecule has 1 aromatic carbocycles. The summed E-state index contributed by atoms with van der Waals surface area (Å²) in [5.41, 5.74) is 4.30. The van der Waals surface area contributed by atoms with Gasteiger partial charge in [-0.25, -0.2) is 5.43 Å². The fourth-order valence-electron chi connectivity index (χ4n) is 1.50. The van der Waals surface area contributed by atoms with E-state index in [9.17, 15) is 9.59 Å². The minimum absolute atomic E-state index is 0.475. The van der Waals surface area contributed by atoms with Crippen LogP contribution in [-0.2, 0) is 9.59 Å². The zero-order valence-electron chi connectivity index (χ0n) is 12.1. The molecule has 2 N–H and O–H groups in total. The Balaban J connectivity index is 2.48. The van der Waals surface area contributed by atoms with E-state index < -0.39 is 11.8 Å². The molecule has 0 saturated heterocycles. The fourth-order valence-corrected chi connectivity index (χ4v) is 1.50. The molecule has 0 unspecified atom stereocenters. The highest BCUT2D eigenvalue weighted by Gasteiger charge is 2.10. The van der Waals surface area contributed by atoms with Crippen LogP contribution in [0, 0.1) is 0 Å². The minimum atomic E-state index is -0.756. The number of hydrazone groups is 1. The Hall–Kier alpha value is -2.17. The molecule has 5 heteroatoms. The van der Waals surface area contributed by atoms with E-state index in [-0.39, 0.29) is 0 Å². The molecule has 0 aromatic heterocycles. The van der Waals surface area contributed by atoms with Crippen LogP contribution in [0.2, 0.25) is 0 Å². The quantitative estimate of drug-likeness (QED) is 0.488. The molecular weight excluding hydrogens is 254 g/mol. The Bertz CT molecular complexity index is 478. The molecule has 1 rings (SSSR count). The summed E-state index contributed by atoms with van der Waals surface area (Å²) in [4.78, 5) is 22.6. The number of carbonyl (C=O) groups excluding carboxylic acids is 2. The molecule has 0 aliphatic heterocycles. The van der Waals surface area contributed by atoms with Gasteiger partial charge in [0.25, 0.3) is 0 Å². The summed E-state index contributed by atoms with van der Waals surface area (Å²) in [6.45, 7) is 6.64. The number of nitrogens with zero attached hydrogens (tertiary/aromatic N) is 1. The number of rotatable bonds is 5. The van der Waals surface area contributed by atoms with E-state index in [2.05, 4.69) is 29.7 Å². The number of benzene rings is 1. The maximum atomic E-state index is 11.3. The van der Waals surface area contributed by atoms with Crippen molar-refractivity contribution in [2.45, 2.75) is 33.1 Å². The van der Waals surface area contributed by atoms with E-state index >= 15 is 0 Å². The van der Waals surface area contributed by atoms with Crippen LogP contribution in [0.3, 0.4) is 0 Å². The third kappa shape index (κ3) is 5.22. The van der Waals surface area contributed by atoms with Crippen molar-refractivity contribution in [2.24, 2.45) is 5.10 Å². The topological polar surface area (TPSA) is 70.6 Å². The first-order valence-corrected chi connectivity index (χ1v) is 6.75. The van der Waals surface area contributed by atoms with Crippen LogP contribution in [0.25, 0.3) is 0 Å². The van der Waals surface area contributed by atoms with Gasteiger partial charge in [-0.3, -0.25) is 9.59 Å². The van der Waals surface area contributed by atoms with Gasteiger partial charge in [-0.2, -0.15) is 5.10 Å². The summed E-state index contributed by atoms with van der Waals surface area (Å²) in [5.74, 6) is -0.949. The van der Waals surface area contributed by atoms with Gasteiger partial charge in [0, 0.05) is 6.54 Å². The van der Waals surface area contributed by atoms with Gasteiger partial charge >= 0.3 is 11.8 Å². The molecule has 0 spiro atoms. The Morgan fingerprint density at radius 2 is 1.85 bits per heavy atom. The molecule has 0 fully saturated rings. The van der Waals surface area contributed by atoms with Crippen LogP contribution in [0.15, 0.2) is 29.4 Å². The summed E-state index contributed by atoms with van der Waals surface area (Å²) in [6, 6.07) is 7.87. The van der Waals surface area contributed by atoms with E-state index in [1.165, 1.54) is 11.8 Å². The van der Waals surface area contributed by atoms with Crippen molar-refractivity contribution >= 4 is 18.0 Å². The lowest BCUT2D eigenvalue weighted by Crippen LogP contribution is -2.38. The van der Waals surface area contributed by atoms with Crippen molar-refractivity contribution in [3.8, 4) is 0 Å². The number of hydrogen-bond donors (Lipinski definition) is 2. The van der Waals surface area contributed by atoms with E-state index in [0.29, 0.717) is 12.5 Å². The van der Waals surface area contributed by atoms with Crippen LogP contribution in [0.4, 0.5) is 0 Å². The van der Waals surface area contributed by atoms with Crippen molar-refractivity contribution in [2.75, 3.05) is 6.54 Å². The number of hydrogen-bond acceptors (Lipinski definition) is 3. The lowest BCUT2D eigenvalue weighted by Gasteiger charge is -2.04. The summed E-state index contributed by atoms with van der Waals surface area (Å²) >= 11 is 0. The average molecular weight is 275 g/mol. The molecule has 0 heterocycles. The maximum Gasteiger partial charge on any atom is 0.329 e. The zero-order chi connectivity index (χ0) is 15.0. The second-order valence-corrected chi connectivity index (χ2v) is 4.78. The predicted molar refractivity (Wildman–Crippen MR) is 79.6 cm³/mol.